The van der Waals surface area contributed by atoms with Crippen molar-refractivity contribution in [2.75, 3.05) is 0 Å². The number of aryl methyl sites for hydroxylation is 2. The summed E-state index contributed by atoms with van der Waals surface area (Å²) >= 11 is 0. The Hall–Kier alpha value is -2.42. The van der Waals surface area contributed by atoms with Gasteiger partial charge in [0.15, 0.2) is 0 Å². The number of benzene rings is 2. The van der Waals surface area contributed by atoms with Gasteiger partial charge in [-0.2, -0.15) is 0 Å². The first-order valence-corrected chi connectivity index (χ1v) is 6.59. The molecule has 0 fully saturated rings. The number of cyclic esters (lactones) is 2. The SMILES string of the molecule is Cc1ccc2c(c1)Cc1cc(C)c3c(c1-2)C(=O)OC3=O. The number of hydrogen-bond donors (Lipinski definition) is 0. The fraction of sp³-hybridized carbons (Fsp3) is 0.176. The third-order valence-electron chi connectivity index (χ3n) is 4.11. The Kier molecular flexibility index (Phi) is 2.04. The van der Waals surface area contributed by atoms with Crippen molar-refractivity contribution in [1.29, 1.82) is 0 Å². The molecule has 0 bridgehead atoms. The molecule has 1 aliphatic heterocycles. The lowest BCUT2D eigenvalue weighted by Gasteiger charge is -2.07. The largest absolute Gasteiger partial charge is 0.386 e. The highest BCUT2D eigenvalue weighted by Gasteiger charge is 2.37. The van der Waals surface area contributed by atoms with Crippen LogP contribution in [0.1, 0.15) is 43.0 Å². The minimum atomic E-state index is -0.522. The summed E-state index contributed by atoms with van der Waals surface area (Å²) in [6.45, 7) is 3.91. The molecule has 0 amide bonds. The molecule has 98 valence electrons. The number of ether oxygens (including phenoxy) is 1. The fourth-order valence-electron chi connectivity index (χ4n) is 3.31. The summed E-state index contributed by atoms with van der Waals surface area (Å²) in [4.78, 5) is 23.8. The molecule has 0 aromatic heterocycles. The highest BCUT2D eigenvalue weighted by atomic mass is 16.6. The van der Waals surface area contributed by atoms with Crippen LogP contribution < -0.4 is 0 Å². The summed E-state index contributed by atoms with van der Waals surface area (Å²) in [5, 5.41) is 0. The molecule has 0 N–H and O–H groups in total. The second kappa shape index (κ2) is 3.57. The lowest BCUT2D eigenvalue weighted by molar-refractivity contribution is 0.0444. The second-order valence-electron chi connectivity index (χ2n) is 5.49. The van der Waals surface area contributed by atoms with Crippen LogP contribution in [0.4, 0.5) is 0 Å². The Balaban J connectivity index is 2.10. The summed E-state index contributed by atoms with van der Waals surface area (Å²) in [5.41, 5.74) is 7.15. The predicted octanol–water partition coefficient (Wildman–Crippen LogP) is 3.19. The first kappa shape index (κ1) is 11.4. The van der Waals surface area contributed by atoms with E-state index >= 15 is 0 Å². The summed E-state index contributed by atoms with van der Waals surface area (Å²) in [7, 11) is 0. The molecule has 2 aromatic carbocycles. The van der Waals surface area contributed by atoms with Gasteiger partial charge in [-0.25, -0.2) is 9.59 Å². The summed E-state index contributed by atoms with van der Waals surface area (Å²) in [5.74, 6) is -1.04. The van der Waals surface area contributed by atoms with E-state index in [0.29, 0.717) is 11.1 Å². The molecule has 1 heterocycles. The number of hydrogen-bond acceptors (Lipinski definition) is 3. The highest BCUT2D eigenvalue weighted by Crippen LogP contribution is 2.43. The van der Waals surface area contributed by atoms with E-state index in [9.17, 15) is 9.59 Å². The van der Waals surface area contributed by atoms with Crippen LogP contribution in [0.15, 0.2) is 24.3 Å². The number of rotatable bonds is 0. The Morgan fingerprint density at radius 3 is 2.45 bits per heavy atom. The van der Waals surface area contributed by atoms with Crippen molar-refractivity contribution in [1.82, 2.24) is 0 Å². The van der Waals surface area contributed by atoms with Gasteiger partial charge in [-0.05, 0) is 42.5 Å². The van der Waals surface area contributed by atoms with E-state index in [0.717, 1.165) is 28.7 Å². The second-order valence-corrected chi connectivity index (χ2v) is 5.49. The van der Waals surface area contributed by atoms with Crippen LogP contribution in [0.2, 0.25) is 0 Å². The highest BCUT2D eigenvalue weighted by molar-refractivity contribution is 6.19. The third kappa shape index (κ3) is 1.29. The van der Waals surface area contributed by atoms with Gasteiger partial charge in [0.2, 0.25) is 0 Å². The zero-order valence-corrected chi connectivity index (χ0v) is 11.2. The van der Waals surface area contributed by atoms with Gasteiger partial charge in [0, 0.05) is 5.56 Å². The Morgan fingerprint density at radius 2 is 1.65 bits per heavy atom. The van der Waals surface area contributed by atoms with Crippen molar-refractivity contribution in [3.05, 3.63) is 57.6 Å². The van der Waals surface area contributed by atoms with E-state index in [1.54, 1.807) is 0 Å². The summed E-state index contributed by atoms with van der Waals surface area (Å²) < 4.78 is 4.80. The molecule has 0 saturated carbocycles. The van der Waals surface area contributed by atoms with E-state index in [1.165, 1.54) is 11.1 Å². The number of carbonyl (C=O) groups excluding carboxylic acids is 2. The molecule has 1 aliphatic carbocycles. The number of fused-ring (bicyclic) bond motifs is 5. The molecule has 2 aromatic rings. The number of esters is 2. The summed E-state index contributed by atoms with van der Waals surface area (Å²) in [6, 6.07) is 8.20. The van der Waals surface area contributed by atoms with Crippen LogP contribution in [-0.4, -0.2) is 11.9 Å². The quantitative estimate of drug-likeness (QED) is 0.462. The zero-order valence-electron chi connectivity index (χ0n) is 11.2. The topological polar surface area (TPSA) is 43.4 Å². The van der Waals surface area contributed by atoms with Crippen LogP contribution in [0.25, 0.3) is 11.1 Å². The maximum Gasteiger partial charge on any atom is 0.347 e. The van der Waals surface area contributed by atoms with Gasteiger partial charge in [0.1, 0.15) is 0 Å². The van der Waals surface area contributed by atoms with Gasteiger partial charge in [-0.3, -0.25) is 0 Å². The van der Waals surface area contributed by atoms with Crippen LogP contribution >= 0.6 is 0 Å². The molecule has 0 unspecified atom stereocenters. The third-order valence-corrected chi connectivity index (χ3v) is 4.11. The minimum absolute atomic E-state index is 0.433. The molecular weight excluding hydrogens is 252 g/mol. The smallest absolute Gasteiger partial charge is 0.347 e. The van der Waals surface area contributed by atoms with Crippen LogP contribution in [0, 0.1) is 13.8 Å². The van der Waals surface area contributed by atoms with Crippen molar-refractivity contribution >= 4 is 11.9 Å². The van der Waals surface area contributed by atoms with Gasteiger partial charge in [0.25, 0.3) is 0 Å². The molecule has 3 nitrogen and oxygen atoms in total. The van der Waals surface area contributed by atoms with Crippen LogP contribution in [0.3, 0.4) is 0 Å². The Labute approximate surface area is 116 Å². The fourth-order valence-corrected chi connectivity index (χ4v) is 3.31. The predicted molar refractivity (Wildman–Crippen MR) is 73.9 cm³/mol. The molecule has 0 radical (unpaired) electrons. The molecule has 0 atom stereocenters. The van der Waals surface area contributed by atoms with Crippen molar-refractivity contribution in [3.8, 4) is 11.1 Å². The van der Waals surface area contributed by atoms with E-state index in [1.807, 2.05) is 25.1 Å². The Morgan fingerprint density at radius 1 is 0.900 bits per heavy atom. The molecule has 4 rings (SSSR count). The van der Waals surface area contributed by atoms with Gasteiger partial charge >= 0.3 is 11.9 Å². The van der Waals surface area contributed by atoms with Gasteiger partial charge in [-0.1, -0.05) is 29.8 Å². The lowest BCUT2D eigenvalue weighted by Crippen LogP contribution is -1.99. The first-order valence-electron chi connectivity index (χ1n) is 6.59. The van der Waals surface area contributed by atoms with Gasteiger partial charge in [-0.15, -0.1) is 0 Å². The zero-order chi connectivity index (χ0) is 14.0. The van der Waals surface area contributed by atoms with Crippen molar-refractivity contribution in [3.63, 3.8) is 0 Å². The average molecular weight is 264 g/mol. The van der Waals surface area contributed by atoms with Crippen LogP contribution in [-0.2, 0) is 11.2 Å². The van der Waals surface area contributed by atoms with E-state index in [4.69, 9.17) is 4.74 Å². The minimum Gasteiger partial charge on any atom is -0.386 e. The molecule has 3 heteroatoms. The van der Waals surface area contributed by atoms with E-state index in [-0.39, 0.29) is 0 Å². The Bertz CT molecular complexity index is 815. The average Bonchev–Trinajstić information content (AvgIpc) is 2.86. The van der Waals surface area contributed by atoms with Crippen molar-refractivity contribution < 1.29 is 14.3 Å². The maximum absolute atomic E-state index is 12.0. The van der Waals surface area contributed by atoms with Gasteiger partial charge in [0.05, 0.1) is 11.1 Å². The monoisotopic (exact) mass is 264 g/mol. The molecule has 2 aliphatic rings. The summed E-state index contributed by atoms with van der Waals surface area (Å²) in [6.07, 6.45) is 0.807. The van der Waals surface area contributed by atoms with Crippen molar-refractivity contribution in [2.45, 2.75) is 20.3 Å². The van der Waals surface area contributed by atoms with E-state index in [2.05, 4.69) is 13.0 Å². The van der Waals surface area contributed by atoms with E-state index < -0.39 is 11.9 Å². The van der Waals surface area contributed by atoms with Crippen molar-refractivity contribution in [2.24, 2.45) is 0 Å². The molecule has 0 saturated heterocycles. The van der Waals surface area contributed by atoms with Crippen LogP contribution in [0.5, 0.6) is 0 Å². The molecule has 20 heavy (non-hydrogen) atoms. The normalized spacial score (nSPS) is 14.9. The maximum atomic E-state index is 12.0. The first-order chi connectivity index (χ1) is 9.56. The molecule has 0 spiro atoms. The standard InChI is InChI=1S/C17H12O3/c1-8-3-4-12-10(5-8)7-11-6-9(2)13-15(14(11)12)17(19)20-16(13)18/h3-6H,7H2,1-2H3. The lowest BCUT2D eigenvalue weighted by atomic mass is 9.92. The number of carbonyl (C=O) groups is 2. The van der Waals surface area contributed by atoms with Gasteiger partial charge < -0.3 is 4.74 Å². The molecular formula is C17H12O3.